The molecule has 1 N–H and O–H groups in total. The van der Waals surface area contributed by atoms with Gasteiger partial charge in [0.05, 0.1) is 30.3 Å². The van der Waals surface area contributed by atoms with Crippen molar-refractivity contribution in [3.8, 4) is 0 Å². The van der Waals surface area contributed by atoms with Crippen LogP contribution in [0.3, 0.4) is 0 Å². The van der Waals surface area contributed by atoms with E-state index in [-0.39, 0.29) is 24.3 Å². The SMILES string of the molecule is CCOC(=O)C1=C(C)N=C2SC=C(CC(=O)NCC3CC3)N2C1c1ccccc1C. The molecule has 7 heteroatoms. The fourth-order valence-corrected chi connectivity index (χ4v) is 4.80. The molecular weight excluding hydrogens is 398 g/mol. The highest BCUT2D eigenvalue weighted by molar-refractivity contribution is 8.16. The van der Waals surface area contributed by atoms with Crippen molar-refractivity contribution in [1.82, 2.24) is 10.2 Å². The van der Waals surface area contributed by atoms with Crippen LogP contribution < -0.4 is 5.32 Å². The maximum atomic E-state index is 12.9. The molecule has 0 spiro atoms. The second-order valence-corrected chi connectivity index (χ2v) is 8.73. The van der Waals surface area contributed by atoms with Gasteiger partial charge in [-0.2, -0.15) is 0 Å². The number of hydrogen-bond acceptors (Lipinski definition) is 6. The quantitative estimate of drug-likeness (QED) is 0.668. The Morgan fingerprint density at radius 2 is 2.03 bits per heavy atom. The predicted octanol–water partition coefficient (Wildman–Crippen LogP) is 4.05. The molecule has 2 aliphatic heterocycles. The van der Waals surface area contributed by atoms with Crippen molar-refractivity contribution in [2.24, 2.45) is 10.9 Å². The van der Waals surface area contributed by atoms with E-state index in [1.54, 1.807) is 6.92 Å². The number of amides is 1. The van der Waals surface area contributed by atoms with E-state index in [4.69, 9.17) is 4.74 Å². The van der Waals surface area contributed by atoms with Gasteiger partial charge in [-0.15, -0.1) is 0 Å². The van der Waals surface area contributed by atoms with Crippen molar-refractivity contribution < 1.29 is 14.3 Å². The summed E-state index contributed by atoms with van der Waals surface area (Å²) >= 11 is 1.50. The number of nitrogens with one attached hydrogen (secondary N) is 1. The average Bonchev–Trinajstić information content (AvgIpc) is 3.47. The summed E-state index contributed by atoms with van der Waals surface area (Å²) in [5, 5.41) is 5.80. The molecule has 1 amide bonds. The molecule has 1 aromatic rings. The number of nitrogens with zero attached hydrogens (tertiary/aromatic N) is 2. The number of esters is 1. The summed E-state index contributed by atoms with van der Waals surface area (Å²) in [4.78, 5) is 32.2. The van der Waals surface area contributed by atoms with Crippen molar-refractivity contribution in [2.45, 2.75) is 46.1 Å². The second-order valence-electron chi connectivity index (χ2n) is 7.89. The molecule has 158 valence electrons. The minimum atomic E-state index is -0.366. The Morgan fingerprint density at radius 1 is 1.27 bits per heavy atom. The van der Waals surface area contributed by atoms with Crippen LogP contribution in [-0.4, -0.2) is 35.1 Å². The molecule has 6 nitrogen and oxygen atoms in total. The molecule has 3 aliphatic rings. The van der Waals surface area contributed by atoms with Crippen LogP contribution in [0, 0.1) is 12.8 Å². The number of benzene rings is 1. The van der Waals surface area contributed by atoms with Crippen molar-refractivity contribution in [2.75, 3.05) is 13.2 Å². The molecule has 1 aliphatic carbocycles. The molecule has 0 saturated heterocycles. The van der Waals surface area contributed by atoms with Gasteiger partial charge in [0.2, 0.25) is 5.91 Å². The molecule has 1 aromatic carbocycles. The molecule has 1 atom stereocenters. The molecule has 0 aromatic heterocycles. The first kappa shape index (κ1) is 20.7. The highest BCUT2D eigenvalue weighted by Crippen LogP contribution is 2.45. The van der Waals surface area contributed by atoms with Gasteiger partial charge < -0.3 is 15.0 Å². The van der Waals surface area contributed by atoms with Crippen LogP contribution in [0.2, 0.25) is 0 Å². The van der Waals surface area contributed by atoms with Crippen LogP contribution >= 0.6 is 11.8 Å². The number of ether oxygens (including phenoxy) is 1. The Labute approximate surface area is 181 Å². The number of fused-ring (bicyclic) bond motifs is 1. The number of rotatable bonds is 7. The molecule has 1 fully saturated rings. The fraction of sp³-hybridized carbons (Fsp3) is 0.435. The predicted molar refractivity (Wildman–Crippen MR) is 119 cm³/mol. The molecule has 1 saturated carbocycles. The molecule has 30 heavy (non-hydrogen) atoms. The summed E-state index contributed by atoms with van der Waals surface area (Å²) in [6, 6.07) is 7.66. The van der Waals surface area contributed by atoms with E-state index in [1.165, 1.54) is 24.6 Å². The topological polar surface area (TPSA) is 71.0 Å². The van der Waals surface area contributed by atoms with Crippen LogP contribution in [0.1, 0.15) is 50.3 Å². The van der Waals surface area contributed by atoms with Gasteiger partial charge in [-0.05, 0) is 56.1 Å². The Balaban J connectivity index is 1.68. The van der Waals surface area contributed by atoms with Gasteiger partial charge in [0.25, 0.3) is 0 Å². The van der Waals surface area contributed by atoms with Crippen molar-refractivity contribution in [3.05, 3.63) is 57.8 Å². The zero-order chi connectivity index (χ0) is 21.3. The summed E-state index contributed by atoms with van der Waals surface area (Å²) in [5.41, 5.74) is 4.14. The Kier molecular flexibility index (Phi) is 5.99. The van der Waals surface area contributed by atoms with Gasteiger partial charge in [0, 0.05) is 12.2 Å². The maximum Gasteiger partial charge on any atom is 0.338 e. The third-order valence-corrected chi connectivity index (χ3v) is 6.49. The number of hydrogen-bond donors (Lipinski definition) is 1. The summed E-state index contributed by atoms with van der Waals surface area (Å²) in [6.07, 6.45) is 2.66. The standard InChI is InChI=1S/C23H27N3O3S/c1-4-29-22(28)20-15(3)25-23-26(21(20)18-8-6-5-7-14(18)2)17(13-30-23)11-19(27)24-12-16-9-10-16/h5-8,13,16,21H,4,9-12H2,1-3H3,(H,24,27). The van der Waals surface area contributed by atoms with E-state index in [2.05, 4.69) is 10.3 Å². The first-order valence-electron chi connectivity index (χ1n) is 10.4. The lowest BCUT2D eigenvalue weighted by atomic mass is 9.91. The average molecular weight is 426 g/mol. The van der Waals surface area contributed by atoms with E-state index >= 15 is 0 Å². The van der Waals surface area contributed by atoms with E-state index < -0.39 is 0 Å². The zero-order valence-corrected chi connectivity index (χ0v) is 18.4. The Hall–Kier alpha value is -2.54. The number of thioether (sulfide) groups is 1. The smallest absolute Gasteiger partial charge is 0.338 e. The fourth-order valence-electron chi connectivity index (χ4n) is 3.83. The lowest BCUT2D eigenvalue weighted by molar-refractivity contribution is -0.139. The van der Waals surface area contributed by atoms with Crippen molar-refractivity contribution >= 4 is 28.8 Å². The Bertz CT molecular complexity index is 962. The van der Waals surface area contributed by atoms with Crippen LogP contribution in [-0.2, 0) is 14.3 Å². The number of carbonyl (C=O) groups is 2. The van der Waals surface area contributed by atoms with Crippen molar-refractivity contribution in [3.63, 3.8) is 0 Å². The minimum Gasteiger partial charge on any atom is -0.463 e. The van der Waals surface area contributed by atoms with Gasteiger partial charge in [-0.3, -0.25) is 4.79 Å². The van der Waals surface area contributed by atoms with Gasteiger partial charge in [-0.1, -0.05) is 36.0 Å². The number of amidine groups is 1. The summed E-state index contributed by atoms with van der Waals surface area (Å²) < 4.78 is 5.38. The molecule has 0 bridgehead atoms. The van der Waals surface area contributed by atoms with Gasteiger partial charge in [0.15, 0.2) is 5.17 Å². The van der Waals surface area contributed by atoms with E-state index in [0.717, 1.165) is 28.5 Å². The summed E-state index contributed by atoms with van der Waals surface area (Å²) in [5.74, 6) is 0.275. The molecule has 4 rings (SSSR count). The number of allylic oxidation sites excluding steroid dienone is 1. The van der Waals surface area contributed by atoms with Crippen LogP contribution in [0.4, 0.5) is 0 Å². The Morgan fingerprint density at radius 3 is 2.73 bits per heavy atom. The summed E-state index contributed by atoms with van der Waals surface area (Å²) in [7, 11) is 0. The third-order valence-electron chi connectivity index (χ3n) is 5.61. The zero-order valence-electron chi connectivity index (χ0n) is 17.6. The molecule has 1 unspecified atom stereocenters. The van der Waals surface area contributed by atoms with E-state index in [9.17, 15) is 9.59 Å². The van der Waals surface area contributed by atoms with Crippen LogP contribution in [0.5, 0.6) is 0 Å². The van der Waals surface area contributed by atoms with Crippen LogP contribution in [0.25, 0.3) is 0 Å². The second kappa shape index (κ2) is 8.68. The van der Waals surface area contributed by atoms with Gasteiger partial charge in [0.1, 0.15) is 0 Å². The normalized spacial score (nSPS) is 20.5. The minimum absolute atomic E-state index is 0.00231. The number of carbonyl (C=O) groups excluding carboxylic acids is 2. The third kappa shape index (κ3) is 4.17. The highest BCUT2D eigenvalue weighted by atomic mass is 32.2. The first-order valence-corrected chi connectivity index (χ1v) is 11.3. The molecular formula is C23H27N3O3S. The monoisotopic (exact) mass is 425 g/mol. The molecule has 2 heterocycles. The largest absolute Gasteiger partial charge is 0.463 e. The first-order chi connectivity index (χ1) is 14.5. The lowest BCUT2D eigenvalue weighted by Crippen LogP contribution is -2.38. The number of aliphatic imine (C=N–C) groups is 1. The summed E-state index contributed by atoms with van der Waals surface area (Å²) in [6.45, 7) is 6.73. The van der Waals surface area contributed by atoms with E-state index in [1.807, 2.05) is 48.4 Å². The van der Waals surface area contributed by atoms with Crippen LogP contribution in [0.15, 0.2) is 51.6 Å². The lowest BCUT2D eigenvalue weighted by Gasteiger charge is -2.37. The van der Waals surface area contributed by atoms with Gasteiger partial charge in [-0.25, -0.2) is 9.79 Å². The maximum absolute atomic E-state index is 12.9. The van der Waals surface area contributed by atoms with Gasteiger partial charge >= 0.3 is 5.97 Å². The molecule has 0 radical (unpaired) electrons. The number of aryl methyl sites for hydroxylation is 1. The van der Waals surface area contributed by atoms with Crippen molar-refractivity contribution in [1.29, 1.82) is 0 Å². The van der Waals surface area contributed by atoms with E-state index in [0.29, 0.717) is 23.8 Å². The highest BCUT2D eigenvalue weighted by Gasteiger charge is 2.41.